The molecule has 4 nitrogen and oxygen atoms in total. The van der Waals surface area contributed by atoms with Gasteiger partial charge >= 0.3 is 0 Å². The maximum atomic E-state index is 11.8. The lowest BCUT2D eigenvalue weighted by molar-refractivity contribution is 0.0981. The van der Waals surface area contributed by atoms with E-state index in [1.807, 2.05) is 6.07 Å². The Hall–Kier alpha value is -1.20. The van der Waals surface area contributed by atoms with E-state index in [9.17, 15) is 13.2 Å². The number of sulfonamides is 1. The molecule has 0 saturated carbocycles. The quantitative estimate of drug-likeness (QED) is 0.735. The number of hydrogen-bond acceptors (Lipinski definition) is 3. The monoisotopic (exact) mass is 239 g/mol. The van der Waals surface area contributed by atoms with Crippen LogP contribution in [0.4, 0.5) is 0 Å². The highest BCUT2D eigenvalue weighted by Crippen LogP contribution is 2.19. The maximum Gasteiger partial charge on any atom is 0.211 e. The number of rotatable bonds is 1. The van der Waals surface area contributed by atoms with E-state index in [0.29, 0.717) is 12.1 Å². The van der Waals surface area contributed by atoms with Crippen molar-refractivity contribution in [2.24, 2.45) is 0 Å². The Bertz CT molecular complexity index is 522. The van der Waals surface area contributed by atoms with Gasteiger partial charge in [0.2, 0.25) is 10.0 Å². The molecule has 16 heavy (non-hydrogen) atoms. The number of carbonyl (C=O) groups is 1. The molecular formula is C11H13NO3S. The molecule has 0 fully saturated rings. The molecule has 0 saturated heterocycles. The van der Waals surface area contributed by atoms with E-state index in [0.717, 1.165) is 5.56 Å². The van der Waals surface area contributed by atoms with Crippen LogP contribution in [-0.2, 0) is 16.6 Å². The molecule has 1 aromatic carbocycles. The first kappa shape index (κ1) is 11.3. The van der Waals surface area contributed by atoms with Crippen molar-refractivity contribution in [3.05, 3.63) is 35.4 Å². The second-order valence-electron chi connectivity index (χ2n) is 3.93. The predicted molar refractivity (Wildman–Crippen MR) is 60.6 cm³/mol. The van der Waals surface area contributed by atoms with E-state index < -0.39 is 10.0 Å². The topological polar surface area (TPSA) is 54.5 Å². The fourth-order valence-corrected chi connectivity index (χ4v) is 2.64. The van der Waals surface area contributed by atoms with Crippen LogP contribution < -0.4 is 0 Å². The van der Waals surface area contributed by atoms with E-state index in [1.165, 1.54) is 10.6 Å². The van der Waals surface area contributed by atoms with Crippen LogP contribution in [0.3, 0.4) is 0 Å². The molecule has 0 radical (unpaired) electrons. The zero-order valence-electron chi connectivity index (χ0n) is 9.01. The molecule has 1 aromatic rings. The number of ketones is 1. The fourth-order valence-electron chi connectivity index (χ4n) is 1.84. The number of benzene rings is 1. The van der Waals surface area contributed by atoms with Gasteiger partial charge in [-0.2, -0.15) is 4.31 Å². The van der Waals surface area contributed by atoms with Gasteiger partial charge in [-0.1, -0.05) is 24.3 Å². The van der Waals surface area contributed by atoms with Gasteiger partial charge in [0.1, 0.15) is 0 Å². The third-order valence-corrected chi connectivity index (χ3v) is 3.97. The minimum Gasteiger partial charge on any atom is -0.294 e. The summed E-state index contributed by atoms with van der Waals surface area (Å²) in [4.78, 5) is 11.8. The first-order valence-electron chi connectivity index (χ1n) is 5.05. The van der Waals surface area contributed by atoms with Crippen LogP contribution >= 0.6 is 0 Å². The van der Waals surface area contributed by atoms with E-state index in [-0.39, 0.29) is 18.7 Å². The van der Waals surface area contributed by atoms with E-state index in [2.05, 4.69) is 0 Å². The molecular weight excluding hydrogens is 226 g/mol. The number of carbonyl (C=O) groups excluding carboxylic acids is 1. The van der Waals surface area contributed by atoms with Crippen molar-refractivity contribution in [2.45, 2.75) is 13.0 Å². The summed E-state index contributed by atoms with van der Waals surface area (Å²) in [6.07, 6.45) is 1.43. The van der Waals surface area contributed by atoms with Crippen LogP contribution in [-0.4, -0.2) is 31.3 Å². The Balaban J connectivity index is 2.43. The summed E-state index contributed by atoms with van der Waals surface area (Å²) in [7, 11) is -3.23. The highest BCUT2D eigenvalue weighted by Gasteiger charge is 2.24. The average molecular weight is 239 g/mol. The molecule has 0 amide bonds. The molecule has 5 heteroatoms. The number of nitrogens with zero attached hydrogens (tertiary/aromatic N) is 1. The highest BCUT2D eigenvalue weighted by molar-refractivity contribution is 7.88. The van der Waals surface area contributed by atoms with Gasteiger partial charge < -0.3 is 0 Å². The fraction of sp³-hybridized carbons (Fsp3) is 0.364. The summed E-state index contributed by atoms with van der Waals surface area (Å²) in [5, 5.41) is 0. The second-order valence-corrected chi connectivity index (χ2v) is 5.91. The van der Waals surface area contributed by atoms with Crippen LogP contribution in [0.25, 0.3) is 0 Å². The third kappa shape index (κ3) is 2.15. The summed E-state index contributed by atoms with van der Waals surface area (Å²) in [5.74, 6) is 0.0155. The van der Waals surface area contributed by atoms with Crippen LogP contribution in [0.15, 0.2) is 24.3 Å². The Morgan fingerprint density at radius 1 is 1.25 bits per heavy atom. The van der Waals surface area contributed by atoms with Crippen molar-refractivity contribution >= 4 is 15.8 Å². The molecule has 0 bridgehead atoms. The Morgan fingerprint density at radius 2 is 1.94 bits per heavy atom. The molecule has 1 heterocycles. The zero-order chi connectivity index (χ0) is 11.8. The largest absolute Gasteiger partial charge is 0.294 e. The average Bonchev–Trinajstić information content (AvgIpc) is 2.38. The molecule has 0 unspecified atom stereocenters. The van der Waals surface area contributed by atoms with Crippen molar-refractivity contribution in [1.82, 2.24) is 4.31 Å². The summed E-state index contributed by atoms with van der Waals surface area (Å²) >= 11 is 0. The first-order valence-corrected chi connectivity index (χ1v) is 6.89. The summed E-state index contributed by atoms with van der Waals surface area (Å²) in [6.45, 7) is 0.563. The van der Waals surface area contributed by atoms with Gasteiger partial charge in [0.05, 0.1) is 6.26 Å². The van der Waals surface area contributed by atoms with Gasteiger partial charge in [0, 0.05) is 25.1 Å². The lowest BCUT2D eigenvalue weighted by Gasteiger charge is -2.16. The molecule has 0 spiro atoms. The van der Waals surface area contributed by atoms with Gasteiger partial charge in [-0.15, -0.1) is 0 Å². The molecule has 0 aromatic heterocycles. The lowest BCUT2D eigenvalue weighted by atomic mass is 10.0. The van der Waals surface area contributed by atoms with Gasteiger partial charge in [0.25, 0.3) is 0 Å². The summed E-state index contributed by atoms with van der Waals surface area (Å²) in [6, 6.07) is 7.17. The van der Waals surface area contributed by atoms with Crippen molar-refractivity contribution in [3.63, 3.8) is 0 Å². The summed E-state index contributed by atoms with van der Waals surface area (Å²) in [5.41, 5.74) is 1.43. The molecule has 0 aliphatic carbocycles. The van der Waals surface area contributed by atoms with Crippen molar-refractivity contribution in [2.75, 3.05) is 12.8 Å². The second kappa shape index (κ2) is 3.99. The van der Waals surface area contributed by atoms with Crippen molar-refractivity contribution < 1.29 is 13.2 Å². The third-order valence-electron chi connectivity index (χ3n) is 2.72. The van der Waals surface area contributed by atoms with Crippen molar-refractivity contribution in [1.29, 1.82) is 0 Å². The van der Waals surface area contributed by atoms with Gasteiger partial charge in [0.15, 0.2) is 5.78 Å². The Morgan fingerprint density at radius 3 is 2.62 bits per heavy atom. The van der Waals surface area contributed by atoms with Gasteiger partial charge in [-0.05, 0) is 5.56 Å². The Labute approximate surface area is 94.9 Å². The molecule has 0 atom stereocenters. The number of hydrogen-bond donors (Lipinski definition) is 0. The lowest BCUT2D eigenvalue weighted by Crippen LogP contribution is -2.29. The summed E-state index contributed by atoms with van der Waals surface area (Å²) < 4.78 is 24.3. The Kier molecular flexibility index (Phi) is 2.82. The van der Waals surface area contributed by atoms with E-state index in [1.54, 1.807) is 18.2 Å². The molecule has 2 rings (SSSR count). The highest BCUT2D eigenvalue weighted by atomic mass is 32.2. The number of Topliss-reactive ketones (excluding diaryl/α,β-unsaturated/α-hetero) is 1. The van der Waals surface area contributed by atoms with Crippen LogP contribution in [0.1, 0.15) is 22.3 Å². The molecule has 86 valence electrons. The molecule has 1 aliphatic heterocycles. The smallest absolute Gasteiger partial charge is 0.211 e. The van der Waals surface area contributed by atoms with Crippen LogP contribution in [0.5, 0.6) is 0 Å². The van der Waals surface area contributed by atoms with Crippen LogP contribution in [0, 0.1) is 0 Å². The molecule has 1 aliphatic rings. The van der Waals surface area contributed by atoms with Gasteiger partial charge in [-0.25, -0.2) is 8.42 Å². The molecule has 0 N–H and O–H groups in total. The maximum absolute atomic E-state index is 11.8. The first-order chi connectivity index (χ1) is 7.48. The predicted octanol–water partition coefficient (Wildman–Crippen LogP) is 1.03. The SMILES string of the molecule is CS(=O)(=O)N1CCC(=O)c2ccccc2C1. The van der Waals surface area contributed by atoms with Crippen molar-refractivity contribution in [3.8, 4) is 0 Å². The van der Waals surface area contributed by atoms with Gasteiger partial charge in [-0.3, -0.25) is 4.79 Å². The van der Waals surface area contributed by atoms with E-state index >= 15 is 0 Å². The van der Waals surface area contributed by atoms with Crippen LogP contribution in [0.2, 0.25) is 0 Å². The minimum absolute atomic E-state index is 0.0155. The minimum atomic E-state index is -3.23. The standard InChI is InChI=1S/C11H13NO3S/c1-16(14,15)12-7-6-11(13)10-5-3-2-4-9(10)8-12/h2-5H,6-8H2,1H3. The van der Waals surface area contributed by atoms with E-state index in [4.69, 9.17) is 0 Å². The zero-order valence-corrected chi connectivity index (χ0v) is 9.83. The normalized spacial score (nSPS) is 17.9. The number of fused-ring (bicyclic) bond motifs is 1.